The van der Waals surface area contributed by atoms with Gasteiger partial charge < -0.3 is 9.88 Å². The number of hydrogen-bond donors (Lipinski definition) is 1. The number of fused-ring (bicyclic) bond motifs is 3. The molecule has 0 radical (unpaired) electrons. The molecule has 1 saturated carbocycles. The van der Waals surface area contributed by atoms with Gasteiger partial charge in [-0.15, -0.1) is 0 Å². The Balaban J connectivity index is 1.44. The summed E-state index contributed by atoms with van der Waals surface area (Å²) in [6, 6.07) is 7.41. The summed E-state index contributed by atoms with van der Waals surface area (Å²) in [7, 11) is 0. The zero-order chi connectivity index (χ0) is 18.7. The largest absolute Gasteiger partial charge is 0.356 e. The summed E-state index contributed by atoms with van der Waals surface area (Å²) in [6.45, 7) is 7.31. The van der Waals surface area contributed by atoms with Crippen molar-refractivity contribution in [2.45, 2.75) is 51.6 Å². The summed E-state index contributed by atoms with van der Waals surface area (Å²) in [4.78, 5) is 21.7. The predicted molar refractivity (Wildman–Crippen MR) is 112 cm³/mol. The lowest BCUT2D eigenvalue weighted by Crippen LogP contribution is -2.56. The van der Waals surface area contributed by atoms with Crippen LogP contribution in [0.25, 0.3) is 10.9 Å². The highest BCUT2D eigenvalue weighted by molar-refractivity contribution is 9.10. The average Bonchev–Trinajstić information content (AvgIpc) is 3.34. The van der Waals surface area contributed by atoms with E-state index in [1.807, 2.05) is 0 Å². The maximum absolute atomic E-state index is 13.3. The number of likely N-dealkylation sites (tertiary alicyclic amines) is 1. The van der Waals surface area contributed by atoms with Crippen LogP contribution in [0, 0.1) is 11.8 Å². The fourth-order valence-corrected chi connectivity index (χ4v) is 5.30. The average molecular weight is 430 g/mol. The van der Waals surface area contributed by atoms with E-state index in [9.17, 15) is 4.79 Å². The van der Waals surface area contributed by atoms with Gasteiger partial charge in [-0.2, -0.15) is 0 Å². The van der Waals surface area contributed by atoms with Gasteiger partial charge in [0.2, 0.25) is 5.91 Å². The lowest BCUT2D eigenvalue weighted by Gasteiger charge is -2.44. The molecule has 1 aromatic carbocycles. The van der Waals surface area contributed by atoms with Gasteiger partial charge >= 0.3 is 0 Å². The molecule has 0 bridgehead atoms. The summed E-state index contributed by atoms with van der Waals surface area (Å²) >= 11 is 3.61. The van der Waals surface area contributed by atoms with E-state index in [0.29, 0.717) is 11.8 Å². The van der Waals surface area contributed by atoms with Crippen LogP contribution in [0.5, 0.6) is 0 Å². The molecule has 5 rings (SSSR count). The number of H-pyrrole nitrogens is 1. The van der Waals surface area contributed by atoms with Crippen LogP contribution in [0.1, 0.15) is 50.4 Å². The van der Waals surface area contributed by atoms with E-state index in [-0.39, 0.29) is 12.0 Å². The first-order chi connectivity index (χ1) is 13.0. The van der Waals surface area contributed by atoms with E-state index < -0.39 is 0 Å². The molecule has 1 amide bonds. The van der Waals surface area contributed by atoms with Gasteiger partial charge in [0.1, 0.15) is 0 Å². The number of rotatable bonds is 4. The fourth-order valence-electron chi connectivity index (χ4n) is 4.94. The predicted octanol–water partition coefficient (Wildman–Crippen LogP) is 4.50. The number of aromatic nitrogens is 1. The number of carbonyl (C=O) groups excluding carboxylic acids is 1. The molecule has 5 heteroatoms. The van der Waals surface area contributed by atoms with Gasteiger partial charge in [0.05, 0.1) is 12.0 Å². The van der Waals surface area contributed by atoms with E-state index >= 15 is 0 Å². The third-order valence-corrected chi connectivity index (χ3v) is 7.01. The lowest BCUT2D eigenvalue weighted by molar-refractivity contribution is -0.144. The van der Waals surface area contributed by atoms with Crippen LogP contribution in [0.2, 0.25) is 0 Å². The van der Waals surface area contributed by atoms with Gasteiger partial charge in [0.25, 0.3) is 0 Å². The number of hydrogen-bond acceptors (Lipinski definition) is 2. The zero-order valence-electron chi connectivity index (χ0n) is 16.2. The number of aromatic amines is 1. The normalized spacial score (nSPS) is 23.7. The van der Waals surface area contributed by atoms with Crippen LogP contribution in [0.15, 0.2) is 22.7 Å². The van der Waals surface area contributed by atoms with Gasteiger partial charge in [0, 0.05) is 46.7 Å². The highest BCUT2D eigenvalue weighted by Gasteiger charge is 2.44. The number of nitrogens with one attached hydrogen (secondary N) is 1. The second-order valence-electron chi connectivity index (χ2n) is 9.02. The van der Waals surface area contributed by atoms with Crippen molar-refractivity contribution in [2.75, 3.05) is 19.6 Å². The molecule has 1 aliphatic carbocycles. The molecule has 1 atom stereocenters. The molecule has 144 valence electrons. The van der Waals surface area contributed by atoms with Crippen molar-refractivity contribution in [3.63, 3.8) is 0 Å². The first-order valence-electron chi connectivity index (χ1n) is 10.4. The van der Waals surface area contributed by atoms with Crippen molar-refractivity contribution in [2.24, 2.45) is 11.8 Å². The molecule has 1 N–H and O–H groups in total. The molecule has 3 heterocycles. The third-order valence-electron chi connectivity index (χ3n) is 6.51. The van der Waals surface area contributed by atoms with Crippen molar-refractivity contribution in [1.29, 1.82) is 0 Å². The van der Waals surface area contributed by atoms with E-state index in [4.69, 9.17) is 0 Å². The molecule has 1 saturated heterocycles. The third kappa shape index (κ3) is 3.13. The Kier molecular flexibility index (Phi) is 4.36. The van der Waals surface area contributed by atoms with Crippen molar-refractivity contribution < 1.29 is 4.79 Å². The molecule has 4 nitrogen and oxygen atoms in total. The highest BCUT2D eigenvalue weighted by Crippen LogP contribution is 2.40. The topological polar surface area (TPSA) is 39.3 Å². The molecule has 27 heavy (non-hydrogen) atoms. The van der Waals surface area contributed by atoms with Gasteiger partial charge in [-0.3, -0.25) is 9.69 Å². The maximum Gasteiger partial charge on any atom is 0.228 e. The molecule has 2 aliphatic heterocycles. The van der Waals surface area contributed by atoms with Crippen LogP contribution < -0.4 is 0 Å². The van der Waals surface area contributed by atoms with Crippen molar-refractivity contribution in [3.05, 3.63) is 33.9 Å². The summed E-state index contributed by atoms with van der Waals surface area (Å²) in [5.74, 6) is 1.14. The number of carbonyl (C=O) groups is 1. The SMILES string of the molecule is CC(C)C[C@H]1c2[nH]c3ccc(Br)cc3c2CCN1C(=O)C1CN(C2CC2)C1. The zero-order valence-corrected chi connectivity index (χ0v) is 17.8. The Labute approximate surface area is 169 Å². The van der Waals surface area contributed by atoms with Crippen molar-refractivity contribution in [3.8, 4) is 0 Å². The Hall–Kier alpha value is -1.33. The quantitative estimate of drug-likeness (QED) is 0.776. The molecule has 0 spiro atoms. The summed E-state index contributed by atoms with van der Waals surface area (Å²) in [6.07, 6.45) is 4.63. The van der Waals surface area contributed by atoms with Crippen LogP contribution in [0.3, 0.4) is 0 Å². The van der Waals surface area contributed by atoms with Gasteiger partial charge in [0.15, 0.2) is 0 Å². The second kappa shape index (κ2) is 6.63. The molecule has 2 fully saturated rings. The number of nitrogens with zero attached hydrogens (tertiary/aromatic N) is 2. The van der Waals surface area contributed by atoms with Crippen molar-refractivity contribution in [1.82, 2.24) is 14.8 Å². The Morgan fingerprint density at radius 3 is 2.78 bits per heavy atom. The minimum Gasteiger partial charge on any atom is -0.356 e. The van der Waals surface area contributed by atoms with Crippen LogP contribution in [-0.4, -0.2) is 46.4 Å². The maximum atomic E-state index is 13.3. The minimum absolute atomic E-state index is 0.183. The number of halogens is 1. The first-order valence-corrected chi connectivity index (χ1v) is 11.1. The molecule has 2 aromatic rings. The molecule has 0 unspecified atom stereocenters. The fraction of sp³-hybridized carbons (Fsp3) is 0.591. The van der Waals surface area contributed by atoms with Gasteiger partial charge in [-0.1, -0.05) is 29.8 Å². The van der Waals surface area contributed by atoms with Crippen LogP contribution in [0.4, 0.5) is 0 Å². The first kappa shape index (κ1) is 17.7. The molecule has 3 aliphatic rings. The lowest BCUT2D eigenvalue weighted by atomic mass is 9.89. The minimum atomic E-state index is 0.183. The van der Waals surface area contributed by atoms with E-state index in [1.54, 1.807) is 0 Å². The van der Waals surface area contributed by atoms with E-state index in [1.165, 1.54) is 35.0 Å². The highest BCUT2D eigenvalue weighted by atomic mass is 79.9. The van der Waals surface area contributed by atoms with Crippen molar-refractivity contribution >= 4 is 32.7 Å². The smallest absolute Gasteiger partial charge is 0.228 e. The Bertz CT molecular complexity index is 879. The molecule has 1 aromatic heterocycles. The van der Waals surface area contributed by atoms with E-state index in [2.05, 4.69) is 62.8 Å². The Morgan fingerprint density at radius 1 is 1.30 bits per heavy atom. The Morgan fingerprint density at radius 2 is 2.07 bits per heavy atom. The molecular formula is C22H28BrN3O. The van der Waals surface area contributed by atoms with Gasteiger partial charge in [-0.05, 0) is 55.4 Å². The molecular weight excluding hydrogens is 402 g/mol. The summed E-state index contributed by atoms with van der Waals surface area (Å²) in [5, 5.41) is 1.31. The van der Waals surface area contributed by atoms with Crippen LogP contribution in [-0.2, 0) is 11.2 Å². The summed E-state index contributed by atoms with van der Waals surface area (Å²) in [5.41, 5.74) is 3.87. The monoisotopic (exact) mass is 429 g/mol. The van der Waals surface area contributed by atoms with Gasteiger partial charge in [-0.25, -0.2) is 0 Å². The number of benzene rings is 1. The van der Waals surface area contributed by atoms with Crippen LogP contribution >= 0.6 is 15.9 Å². The second-order valence-corrected chi connectivity index (χ2v) is 9.93. The summed E-state index contributed by atoms with van der Waals surface area (Å²) < 4.78 is 1.12. The number of amides is 1. The van der Waals surface area contributed by atoms with E-state index in [0.717, 1.165) is 43.0 Å². The standard InChI is InChI=1S/C22H28BrN3O/c1-13(2)9-20-21-17(18-10-15(23)3-6-19(18)24-21)7-8-26(20)22(27)14-11-25(12-14)16-4-5-16/h3,6,10,13-14,16,20,24H,4-5,7-9,11-12H2,1-2H3/t20-/m0/s1.